The monoisotopic (exact) mass is 406 g/mol. The van der Waals surface area contributed by atoms with Crippen LogP contribution >= 0.6 is 0 Å². The maximum absolute atomic E-state index is 13.0. The van der Waals surface area contributed by atoms with Gasteiger partial charge in [0.15, 0.2) is 0 Å². The highest BCUT2D eigenvalue weighted by Crippen LogP contribution is 2.30. The second kappa shape index (κ2) is 9.87. The molecule has 2 heterocycles. The largest absolute Gasteiger partial charge is 0.345 e. The van der Waals surface area contributed by atoms with Crippen molar-refractivity contribution in [2.24, 2.45) is 0 Å². The van der Waals surface area contributed by atoms with Crippen LogP contribution in [-0.4, -0.2) is 37.0 Å². The predicted octanol–water partition coefficient (Wildman–Crippen LogP) is 2.21. The molecule has 0 aliphatic carbocycles. The number of benzene rings is 2. The van der Waals surface area contributed by atoms with Gasteiger partial charge in [-0.2, -0.15) is 0 Å². The lowest BCUT2D eigenvalue weighted by Crippen LogP contribution is -2.49. The van der Waals surface area contributed by atoms with Crippen molar-refractivity contribution in [3.63, 3.8) is 0 Å². The number of carbonyl (C=O) groups excluding carboxylic acids is 2. The zero-order valence-corrected chi connectivity index (χ0v) is 17.1. The van der Waals surface area contributed by atoms with Crippen molar-refractivity contribution in [1.82, 2.24) is 21.3 Å². The maximum atomic E-state index is 13.0. The third-order valence-corrected chi connectivity index (χ3v) is 6.00. The van der Waals surface area contributed by atoms with Crippen LogP contribution in [0.4, 0.5) is 0 Å². The molecule has 158 valence electrons. The summed E-state index contributed by atoms with van der Waals surface area (Å²) in [6.45, 7) is 1.72. The van der Waals surface area contributed by atoms with Crippen LogP contribution in [0.25, 0.3) is 0 Å². The quantitative estimate of drug-likeness (QED) is 0.568. The van der Waals surface area contributed by atoms with Crippen LogP contribution in [0.15, 0.2) is 60.7 Å². The molecular weight excluding hydrogens is 376 g/mol. The molecule has 4 rings (SSSR count). The van der Waals surface area contributed by atoms with Crippen molar-refractivity contribution in [2.45, 2.75) is 49.9 Å². The first-order valence-corrected chi connectivity index (χ1v) is 10.9. The molecule has 2 fully saturated rings. The molecule has 0 aromatic heterocycles. The molecule has 2 aromatic rings. The molecule has 6 heteroatoms. The first-order valence-electron chi connectivity index (χ1n) is 10.9. The summed E-state index contributed by atoms with van der Waals surface area (Å²) in [5, 5.41) is 13.0. The SMILES string of the molecule is O=C(NC(c1ccccc1)C(NC(=O)C1CCCN1)c1ccccc1)C1CCCN1. The van der Waals surface area contributed by atoms with Crippen molar-refractivity contribution in [3.05, 3.63) is 71.8 Å². The summed E-state index contributed by atoms with van der Waals surface area (Å²) >= 11 is 0. The number of hydrogen-bond acceptors (Lipinski definition) is 4. The van der Waals surface area contributed by atoms with Gasteiger partial charge in [0.25, 0.3) is 0 Å². The molecule has 2 aromatic carbocycles. The molecule has 4 N–H and O–H groups in total. The lowest BCUT2D eigenvalue weighted by Gasteiger charge is -2.31. The van der Waals surface area contributed by atoms with E-state index in [9.17, 15) is 9.59 Å². The molecule has 0 radical (unpaired) electrons. The van der Waals surface area contributed by atoms with Gasteiger partial charge in [-0.1, -0.05) is 60.7 Å². The van der Waals surface area contributed by atoms with Crippen LogP contribution in [0.2, 0.25) is 0 Å². The van der Waals surface area contributed by atoms with Gasteiger partial charge in [0.05, 0.1) is 24.2 Å². The van der Waals surface area contributed by atoms with E-state index in [-0.39, 0.29) is 36.0 Å². The van der Waals surface area contributed by atoms with Crippen molar-refractivity contribution in [1.29, 1.82) is 0 Å². The number of amides is 2. The Morgan fingerprint density at radius 2 is 1.10 bits per heavy atom. The third kappa shape index (κ3) is 4.89. The molecular formula is C24H30N4O2. The Morgan fingerprint density at radius 1 is 0.700 bits per heavy atom. The summed E-state index contributed by atoms with van der Waals surface area (Å²) in [6, 6.07) is 18.7. The lowest BCUT2D eigenvalue weighted by molar-refractivity contribution is -0.126. The highest BCUT2D eigenvalue weighted by molar-refractivity contribution is 5.84. The minimum atomic E-state index is -0.367. The topological polar surface area (TPSA) is 82.3 Å². The van der Waals surface area contributed by atoms with Crippen molar-refractivity contribution >= 4 is 11.8 Å². The fourth-order valence-corrected chi connectivity index (χ4v) is 4.36. The van der Waals surface area contributed by atoms with Crippen molar-refractivity contribution in [3.8, 4) is 0 Å². The maximum Gasteiger partial charge on any atom is 0.237 e. The highest BCUT2D eigenvalue weighted by atomic mass is 16.2. The smallest absolute Gasteiger partial charge is 0.237 e. The normalized spacial score (nSPS) is 22.9. The van der Waals surface area contributed by atoms with Gasteiger partial charge in [0, 0.05) is 0 Å². The van der Waals surface area contributed by atoms with Gasteiger partial charge in [-0.05, 0) is 49.9 Å². The van der Waals surface area contributed by atoms with Crippen LogP contribution in [0.5, 0.6) is 0 Å². The second-order valence-corrected chi connectivity index (χ2v) is 8.09. The second-order valence-electron chi connectivity index (χ2n) is 8.09. The Bertz CT molecular complexity index is 759. The molecule has 0 spiro atoms. The fraction of sp³-hybridized carbons (Fsp3) is 0.417. The molecule has 0 saturated carbocycles. The zero-order valence-electron chi connectivity index (χ0n) is 17.1. The Hall–Kier alpha value is -2.70. The molecule has 6 nitrogen and oxygen atoms in total. The van der Waals surface area contributed by atoms with E-state index in [4.69, 9.17) is 0 Å². The van der Waals surface area contributed by atoms with E-state index in [1.54, 1.807) is 0 Å². The number of rotatable bonds is 7. The fourth-order valence-electron chi connectivity index (χ4n) is 4.36. The first-order chi connectivity index (χ1) is 14.7. The molecule has 2 aliphatic heterocycles. The van der Waals surface area contributed by atoms with E-state index in [0.29, 0.717) is 0 Å². The standard InChI is InChI=1S/C24H30N4O2/c29-23(19-13-7-15-25-19)27-21(17-9-3-1-4-10-17)22(18-11-5-2-6-12-18)28-24(30)20-14-8-16-26-20/h1-6,9-12,19-22,25-26H,7-8,13-16H2,(H,27,29)(H,28,30). The van der Waals surface area contributed by atoms with E-state index >= 15 is 0 Å². The number of carbonyl (C=O) groups is 2. The molecule has 0 bridgehead atoms. The van der Waals surface area contributed by atoms with Gasteiger partial charge in [0.1, 0.15) is 0 Å². The summed E-state index contributed by atoms with van der Waals surface area (Å²) in [5.74, 6) is -0.0361. The number of nitrogens with one attached hydrogen (secondary N) is 4. The Labute approximate surface area is 177 Å². The van der Waals surface area contributed by atoms with Crippen molar-refractivity contribution in [2.75, 3.05) is 13.1 Å². The average molecular weight is 407 g/mol. The Kier molecular flexibility index (Phi) is 6.77. The van der Waals surface area contributed by atoms with Gasteiger partial charge >= 0.3 is 0 Å². The van der Waals surface area contributed by atoms with Gasteiger partial charge in [-0.3, -0.25) is 9.59 Å². The van der Waals surface area contributed by atoms with Gasteiger partial charge in [-0.15, -0.1) is 0 Å². The summed E-state index contributed by atoms with van der Waals surface area (Å²) in [6.07, 6.45) is 3.67. The summed E-state index contributed by atoms with van der Waals surface area (Å²) < 4.78 is 0. The Balaban J connectivity index is 1.64. The zero-order chi connectivity index (χ0) is 20.8. The summed E-state index contributed by atoms with van der Waals surface area (Å²) in [4.78, 5) is 26.0. The van der Waals surface area contributed by atoms with E-state index in [1.807, 2.05) is 60.7 Å². The van der Waals surface area contributed by atoms with Gasteiger partial charge in [0.2, 0.25) is 11.8 Å². The molecule has 4 atom stereocenters. The van der Waals surface area contributed by atoms with Crippen LogP contribution in [-0.2, 0) is 9.59 Å². The van der Waals surface area contributed by atoms with Gasteiger partial charge < -0.3 is 21.3 Å². The van der Waals surface area contributed by atoms with Crippen molar-refractivity contribution < 1.29 is 9.59 Å². The predicted molar refractivity (Wildman–Crippen MR) is 117 cm³/mol. The third-order valence-electron chi connectivity index (χ3n) is 6.00. The summed E-state index contributed by atoms with van der Waals surface area (Å²) in [7, 11) is 0. The molecule has 2 aliphatic rings. The van der Waals surface area contributed by atoms with Gasteiger partial charge in [-0.25, -0.2) is 0 Å². The minimum absolute atomic E-state index is 0.0180. The molecule has 30 heavy (non-hydrogen) atoms. The molecule has 2 amide bonds. The van der Waals surface area contributed by atoms with Crippen LogP contribution in [0, 0.1) is 0 Å². The molecule has 4 unspecified atom stereocenters. The van der Waals surface area contributed by atoms with E-state index < -0.39 is 0 Å². The average Bonchev–Trinajstić information content (AvgIpc) is 3.52. The number of hydrogen-bond donors (Lipinski definition) is 4. The highest BCUT2D eigenvalue weighted by Gasteiger charge is 2.33. The van der Waals surface area contributed by atoms with E-state index in [0.717, 1.165) is 49.9 Å². The summed E-state index contributed by atoms with van der Waals surface area (Å²) in [5.41, 5.74) is 1.94. The van der Waals surface area contributed by atoms with Crippen LogP contribution in [0.1, 0.15) is 48.9 Å². The lowest BCUT2D eigenvalue weighted by atomic mass is 9.92. The Morgan fingerprint density at radius 3 is 1.43 bits per heavy atom. The van der Waals surface area contributed by atoms with Crippen LogP contribution in [0.3, 0.4) is 0 Å². The molecule has 2 saturated heterocycles. The van der Waals surface area contributed by atoms with Crippen LogP contribution < -0.4 is 21.3 Å². The first kappa shape index (κ1) is 20.6. The van der Waals surface area contributed by atoms with E-state index in [1.165, 1.54) is 0 Å². The van der Waals surface area contributed by atoms with E-state index in [2.05, 4.69) is 21.3 Å². The minimum Gasteiger partial charge on any atom is -0.345 e.